The lowest BCUT2D eigenvalue weighted by atomic mass is 10.1. The number of carbonyl (C=O) groups excluding carboxylic acids is 5. The molecule has 0 aliphatic rings. The van der Waals surface area contributed by atoms with Crippen LogP contribution >= 0.6 is 0 Å². The van der Waals surface area contributed by atoms with E-state index < -0.39 is 48.8 Å². The fourth-order valence-corrected chi connectivity index (χ4v) is 1.52. The van der Waals surface area contributed by atoms with Gasteiger partial charge in [-0.2, -0.15) is 0 Å². The zero-order chi connectivity index (χ0) is 17.3. The molecule has 0 rings (SSSR count). The van der Waals surface area contributed by atoms with Gasteiger partial charge in [0.1, 0.15) is 6.61 Å². The molecule has 0 spiro atoms. The van der Waals surface area contributed by atoms with Crippen LogP contribution in [0.4, 0.5) is 0 Å². The third-order valence-corrected chi connectivity index (χ3v) is 2.20. The monoisotopic (exact) mass is 318 g/mol. The highest BCUT2D eigenvalue weighted by molar-refractivity contribution is 5.72. The van der Waals surface area contributed by atoms with Gasteiger partial charge in [0.2, 0.25) is 0 Å². The smallest absolute Gasteiger partial charge is 0.303 e. The number of esters is 4. The summed E-state index contributed by atoms with van der Waals surface area (Å²) in [7, 11) is 0. The van der Waals surface area contributed by atoms with E-state index in [1.54, 1.807) is 0 Å². The summed E-state index contributed by atoms with van der Waals surface area (Å²) in [4.78, 5) is 55.2. The summed E-state index contributed by atoms with van der Waals surface area (Å²) in [6.07, 6.45) is -4.04. The number of rotatable bonds is 8. The third-order valence-electron chi connectivity index (χ3n) is 2.20. The molecule has 0 bridgehead atoms. The average Bonchev–Trinajstić information content (AvgIpc) is 2.37. The van der Waals surface area contributed by atoms with Crippen molar-refractivity contribution in [1.82, 2.24) is 0 Å². The van der Waals surface area contributed by atoms with Gasteiger partial charge in [0, 0.05) is 27.7 Å². The maximum Gasteiger partial charge on any atom is 0.303 e. The predicted octanol–water partition coefficient (Wildman–Crippen LogP) is -0.456. The largest absolute Gasteiger partial charge is 0.462 e. The third kappa shape index (κ3) is 7.98. The van der Waals surface area contributed by atoms with Gasteiger partial charge in [0.05, 0.1) is 0 Å². The molecule has 0 heterocycles. The van der Waals surface area contributed by atoms with Gasteiger partial charge >= 0.3 is 23.9 Å². The molecule has 22 heavy (non-hydrogen) atoms. The minimum atomic E-state index is -1.51. The van der Waals surface area contributed by atoms with Gasteiger partial charge in [0.15, 0.2) is 24.6 Å². The molecule has 0 saturated heterocycles. The van der Waals surface area contributed by atoms with E-state index in [-0.39, 0.29) is 6.29 Å². The Hall–Kier alpha value is -2.45. The molecule has 0 radical (unpaired) electrons. The Labute approximate surface area is 126 Å². The Morgan fingerprint density at radius 1 is 0.818 bits per heavy atom. The fraction of sp³-hybridized carbons (Fsp3) is 0.615. The SMILES string of the molecule is CC(=O)OC[C@@H](OC(C)=O)[C@H](OC(C)=O)[C@H](C=O)OC(C)=O. The second-order valence-electron chi connectivity index (χ2n) is 4.23. The van der Waals surface area contributed by atoms with Crippen molar-refractivity contribution >= 4 is 30.2 Å². The lowest BCUT2D eigenvalue weighted by Crippen LogP contribution is -2.48. The van der Waals surface area contributed by atoms with Gasteiger partial charge < -0.3 is 18.9 Å². The van der Waals surface area contributed by atoms with Crippen LogP contribution in [-0.2, 0) is 42.9 Å². The van der Waals surface area contributed by atoms with Crippen molar-refractivity contribution in [1.29, 1.82) is 0 Å². The Morgan fingerprint density at radius 2 is 1.32 bits per heavy atom. The minimum Gasteiger partial charge on any atom is -0.462 e. The standard InChI is InChI=1S/C13H18O9/c1-7(15)19-6-12(21-9(3)17)13(22-10(4)18)11(5-14)20-8(2)16/h5,11-13H,6H2,1-4H3/t11-,12+,13+/m0/s1. The lowest BCUT2D eigenvalue weighted by molar-refractivity contribution is -0.188. The summed E-state index contributed by atoms with van der Waals surface area (Å²) < 4.78 is 19.2. The fourth-order valence-electron chi connectivity index (χ4n) is 1.52. The van der Waals surface area contributed by atoms with Crippen LogP contribution in [0.1, 0.15) is 27.7 Å². The van der Waals surface area contributed by atoms with Crippen LogP contribution in [0.15, 0.2) is 0 Å². The zero-order valence-corrected chi connectivity index (χ0v) is 12.7. The van der Waals surface area contributed by atoms with Crippen molar-refractivity contribution in [3.8, 4) is 0 Å². The van der Waals surface area contributed by atoms with Crippen molar-refractivity contribution in [2.45, 2.75) is 46.0 Å². The molecule has 0 aromatic heterocycles. The van der Waals surface area contributed by atoms with Crippen LogP contribution in [0.25, 0.3) is 0 Å². The molecule has 0 amide bonds. The minimum absolute atomic E-state index is 0.221. The molecule has 124 valence electrons. The summed E-state index contributed by atoms with van der Waals surface area (Å²) in [6.45, 7) is 3.83. The summed E-state index contributed by atoms with van der Waals surface area (Å²) in [5.74, 6) is -3.04. The van der Waals surface area contributed by atoms with E-state index in [1.165, 1.54) is 0 Å². The van der Waals surface area contributed by atoms with Crippen LogP contribution in [-0.4, -0.2) is 55.1 Å². The highest BCUT2D eigenvalue weighted by Gasteiger charge is 2.37. The number of ether oxygens (including phenoxy) is 4. The highest BCUT2D eigenvalue weighted by Crippen LogP contribution is 2.13. The van der Waals surface area contributed by atoms with Crippen LogP contribution in [0.3, 0.4) is 0 Å². The van der Waals surface area contributed by atoms with Crippen molar-refractivity contribution in [2.24, 2.45) is 0 Å². The summed E-state index contributed by atoms with van der Waals surface area (Å²) in [6, 6.07) is 0. The first-order valence-corrected chi connectivity index (χ1v) is 6.27. The molecule has 0 fully saturated rings. The molecule has 9 nitrogen and oxygen atoms in total. The van der Waals surface area contributed by atoms with E-state index in [9.17, 15) is 24.0 Å². The highest BCUT2D eigenvalue weighted by atomic mass is 16.6. The molecule has 0 aliphatic heterocycles. The lowest BCUT2D eigenvalue weighted by Gasteiger charge is -2.28. The molecule has 3 atom stereocenters. The normalized spacial score (nSPS) is 14.0. The summed E-state index contributed by atoms with van der Waals surface area (Å²) >= 11 is 0. The van der Waals surface area contributed by atoms with Crippen molar-refractivity contribution < 1.29 is 42.9 Å². The van der Waals surface area contributed by atoms with Gasteiger partial charge in [-0.3, -0.25) is 24.0 Å². The maximum atomic E-state index is 11.2. The average molecular weight is 318 g/mol. The molecule has 0 aliphatic carbocycles. The van der Waals surface area contributed by atoms with Crippen LogP contribution in [0.2, 0.25) is 0 Å². The number of aldehydes is 1. The number of hydrogen-bond donors (Lipinski definition) is 0. The number of hydrogen-bond acceptors (Lipinski definition) is 9. The second-order valence-corrected chi connectivity index (χ2v) is 4.23. The van der Waals surface area contributed by atoms with E-state index in [0.717, 1.165) is 27.7 Å². The Bertz CT molecular complexity index is 443. The molecule has 0 aromatic carbocycles. The first-order valence-electron chi connectivity index (χ1n) is 6.27. The van der Waals surface area contributed by atoms with Crippen molar-refractivity contribution in [3.05, 3.63) is 0 Å². The van der Waals surface area contributed by atoms with E-state index in [1.807, 2.05) is 0 Å². The molecule has 0 aromatic rings. The summed E-state index contributed by atoms with van der Waals surface area (Å²) in [5, 5.41) is 0. The van der Waals surface area contributed by atoms with Gasteiger partial charge in [-0.15, -0.1) is 0 Å². The van der Waals surface area contributed by atoms with E-state index in [4.69, 9.17) is 18.9 Å². The predicted molar refractivity (Wildman–Crippen MR) is 69.4 cm³/mol. The Kier molecular flexibility index (Phi) is 8.42. The quantitative estimate of drug-likeness (QED) is 0.332. The zero-order valence-electron chi connectivity index (χ0n) is 12.7. The Morgan fingerprint density at radius 3 is 1.68 bits per heavy atom. The van der Waals surface area contributed by atoms with E-state index in [0.29, 0.717) is 0 Å². The van der Waals surface area contributed by atoms with Crippen LogP contribution in [0, 0.1) is 0 Å². The molecular formula is C13H18O9. The number of carbonyl (C=O) groups is 5. The van der Waals surface area contributed by atoms with Crippen molar-refractivity contribution in [2.75, 3.05) is 6.61 Å². The van der Waals surface area contributed by atoms with Gasteiger partial charge in [-0.05, 0) is 0 Å². The molecular weight excluding hydrogens is 300 g/mol. The van der Waals surface area contributed by atoms with Gasteiger partial charge in [-0.1, -0.05) is 0 Å². The van der Waals surface area contributed by atoms with Gasteiger partial charge in [-0.25, -0.2) is 0 Å². The first kappa shape index (κ1) is 19.6. The Balaban J connectivity index is 5.35. The van der Waals surface area contributed by atoms with Crippen LogP contribution < -0.4 is 0 Å². The van der Waals surface area contributed by atoms with Gasteiger partial charge in [0.25, 0.3) is 0 Å². The molecule has 0 N–H and O–H groups in total. The van der Waals surface area contributed by atoms with E-state index in [2.05, 4.69) is 0 Å². The second kappa shape index (κ2) is 9.48. The molecule has 0 saturated carbocycles. The molecule has 9 heteroatoms. The van der Waals surface area contributed by atoms with E-state index >= 15 is 0 Å². The van der Waals surface area contributed by atoms with Crippen molar-refractivity contribution in [3.63, 3.8) is 0 Å². The topological polar surface area (TPSA) is 122 Å². The van der Waals surface area contributed by atoms with Crippen LogP contribution in [0.5, 0.6) is 0 Å². The first-order chi connectivity index (χ1) is 10.2. The molecule has 0 unspecified atom stereocenters. The maximum absolute atomic E-state index is 11.2. The summed E-state index contributed by atoms with van der Waals surface area (Å²) in [5.41, 5.74) is 0.